The normalized spacial score (nSPS) is 23.2. The van der Waals surface area contributed by atoms with Gasteiger partial charge in [0.25, 0.3) is 0 Å². The molecule has 3 heteroatoms. The molecule has 1 fully saturated rings. The number of hydrogen-bond acceptors (Lipinski definition) is 3. The van der Waals surface area contributed by atoms with E-state index in [0.717, 1.165) is 19.1 Å². The SMILES string of the molecule is c1cc2c(c(CNC3CCSC3)c1)NCCC2. The van der Waals surface area contributed by atoms with Gasteiger partial charge in [-0.25, -0.2) is 0 Å². The van der Waals surface area contributed by atoms with Crippen LogP contribution in [0.4, 0.5) is 5.69 Å². The van der Waals surface area contributed by atoms with Gasteiger partial charge in [0.2, 0.25) is 0 Å². The number of hydrogen-bond donors (Lipinski definition) is 2. The van der Waals surface area contributed by atoms with Gasteiger partial charge in [0.05, 0.1) is 0 Å². The molecule has 1 saturated heterocycles. The van der Waals surface area contributed by atoms with Crippen LogP contribution >= 0.6 is 11.8 Å². The molecule has 2 aliphatic heterocycles. The molecule has 0 spiro atoms. The zero-order valence-corrected chi connectivity index (χ0v) is 11.0. The molecule has 2 N–H and O–H groups in total. The summed E-state index contributed by atoms with van der Waals surface area (Å²) >= 11 is 2.07. The Morgan fingerprint density at radius 2 is 2.41 bits per heavy atom. The lowest BCUT2D eigenvalue weighted by atomic mass is 9.99. The van der Waals surface area contributed by atoms with E-state index in [9.17, 15) is 0 Å². The zero-order chi connectivity index (χ0) is 11.5. The molecule has 92 valence electrons. The fraction of sp³-hybridized carbons (Fsp3) is 0.571. The lowest BCUT2D eigenvalue weighted by Gasteiger charge is -2.22. The largest absolute Gasteiger partial charge is 0.385 e. The van der Waals surface area contributed by atoms with E-state index < -0.39 is 0 Å². The first-order valence-corrected chi connectivity index (χ1v) is 7.75. The molecule has 0 aliphatic carbocycles. The van der Waals surface area contributed by atoms with Crippen LogP contribution in [0.15, 0.2) is 18.2 Å². The van der Waals surface area contributed by atoms with E-state index in [0.29, 0.717) is 0 Å². The number of aryl methyl sites for hydroxylation is 1. The second kappa shape index (κ2) is 5.32. The molecule has 0 saturated carbocycles. The number of anilines is 1. The predicted molar refractivity (Wildman–Crippen MR) is 75.8 cm³/mol. The van der Waals surface area contributed by atoms with Gasteiger partial charge in [-0.15, -0.1) is 0 Å². The lowest BCUT2D eigenvalue weighted by Crippen LogP contribution is -2.28. The molecular weight excluding hydrogens is 228 g/mol. The first-order valence-electron chi connectivity index (χ1n) is 6.59. The van der Waals surface area contributed by atoms with Crippen LogP contribution in [0, 0.1) is 0 Å². The Morgan fingerprint density at radius 3 is 3.29 bits per heavy atom. The van der Waals surface area contributed by atoms with E-state index in [1.165, 1.54) is 47.6 Å². The van der Waals surface area contributed by atoms with Gasteiger partial charge in [0.15, 0.2) is 0 Å². The van der Waals surface area contributed by atoms with Crippen LogP contribution in [-0.2, 0) is 13.0 Å². The highest BCUT2D eigenvalue weighted by Gasteiger charge is 2.16. The van der Waals surface area contributed by atoms with E-state index in [4.69, 9.17) is 0 Å². The van der Waals surface area contributed by atoms with Gasteiger partial charge >= 0.3 is 0 Å². The van der Waals surface area contributed by atoms with E-state index in [-0.39, 0.29) is 0 Å². The standard InChI is InChI=1S/C14H20N2S/c1-3-11-5-2-7-15-14(11)12(4-1)9-16-13-6-8-17-10-13/h1,3-4,13,15-16H,2,5-10H2. The first-order chi connectivity index (χ1) is 8.43. The van der Waals surface area contributed by atoms with Crippen molar-refractivity contribution in [3.05, 3.63) is 29.3 Å². The summed E-state index contributed by atoms with van der Waals surface area (Å²) < 4.78 is 0. The molecule has 17 heavy (non-hydrogen) atoms. The zero-order valence-electron chi connectivity index (χ0n) is 10.2. The maximum Gasteiger partial charge on any atom is 0.0418 e. The molecule has 3 rings (SSSR count). The predicted octanol–water partition coefficient (Wildman–Crippen LogP) is 2.64. The molecule has 0 radical (unpaired) electrons. The van der Waals surface area contributed by atoms with Gasteiger partial charge in [0.1, 0.15) is 0 Å². The third kappa shape index (κ3) is 2.61. The van der Waals surface area contributed by atoms with Crippen LogP contribution in [0.3, 0.4) is 0 Å². The first kappa shape index (κ1) is 11.4. The molecule has 2 nitrogen and oxygen atoms in total. The van der Waals surface area contributed by atoms with E-state index in [1.54, 1.807) is 0 Å². The van der Waals surface area contributed by atoms with Crippen molar-refractivity contribution in [2.75, 3.05) is 23.4 Å². The van der Waals surface area contributed by atoms with E-state index >= 15 is 0 Å². The second-order valence-corrected chi connectivity index (χ2v) is 6.07. The summed E-state index contributed by atoms with van der Waals surface area (Å²) in [5, 5.41) is 7.25. The second-order valence-electron chi connectivity index (χ2n) is 4.92. The molecule has 1 atom stereocenters. The monoisotopic (exact) mass is 248 g/mol. The van der Waals surface area contributed by atoms with Gasteiger partial charge in [-0.3, -0.25) is 0 Å². The number of para-hydroxylation sites is 1. The van der Waals surface area contributed by atoms with Crippen molar-refractivity contribution in [1.29, 1.82) is 0 Å². The van der Waals surface area contributed by atoms with Crippen LogP contribution in [0.1, 0.15) is 24.0 Å². The molecule has 0 aromatic heterocycles. The van der Waals surface area contributed by atoms with Crippen LogP contribution in [0.5, 0.6) is 0 Å². The molecule has 2 heterocycles. The maximum absolute atomic E-state index is 3.69. The number of benzene rings is 1. The molecule has 0 bridgehead atoms. The summed E-state index contributed by atoms with van der Waals surface area (Å²) in [5.74, 6) is 2.60. The number of nitrogens with one attached hydrogen (secondary N) is 2. The molecule has 1 unspecified atom stereocenters. The van der Waals surface area contributed by atoms with Crippen molar-refractivity contribution >= 4 is 17.4 Å². The van der Waals surface area contributed by atoms with Crippen LogP contribution in [0.25, 0.3) is 0 Å². The van der Waals surface area contributed by atoms with E-state index in [2.05, 4.69) is 40.6 Å². The summed E-state index contributed by atoms with van der Waals surface area (Å²) in [6.07, 6.45) is 3.83. The fourth-order valence-corrected chi connectivity index (χ4v) is 3.86. The van der Waals surface area contributed by atoms with Crippen molar-refractivity contribution in [3.8, 4) is 0 Å². The van der Waals surface area contributed by atoms with Crippen LogP contribution in [-0.4, -0.2) is 24.1 Å². The summed E-state index contributed by atoms with van der Waals surface area (Å²) in [6.45, 7) is 2.14. The Morgan fingerprint density at radius 1 is 1.41 bits per heavy atom. The molecule has 1 aromatic rings. The average molecular weight is 248 g/mol. The topological polar surface area (TPSA) is 24.1 Å². The average Bonchev–Trinajstić information content (AvgIpc) is 2.89. The van der Waals surface area contributed by atoms with Crippen molar-refractivity contribution in [1.82, 2.24) is 5.32 Å². The molecule has 2 aliphatic rings. The van der Waals surface area contributed by atoms with Crippen molar-refractivity contribution in [2.45, 2.75) is 31.8 Å². The number of rotatable bonds is 3. The maximum atomic E-state index is 3.69. The summed E-state index contributed by atoms with van der Waals surface area (Å²) in [4.78, 5) is 0. The van der Waals surface area contributed by atoms with Gasteiger partial charge in [-0.05, 0) is 36.1 Å². The smallest absolute Gasteiger partial charge is 0.0418 e. The fourth-order valence-electron chi connectivity index (χ4n) is 2.68. The molecule has 1 aromatic carbocycles. The van der Waals surface area contributed by atoms with Crippen molar-refractivity contribution in [2.24, 2.45) is 0 Å². The minimum atomic E-state index is 0.722. The van der Waals surface area contributed by atoms with Gasteiger partial charge < -0.3 is 10.6 Å². The van der Waals surface area contributed by atoms with Crippen molar-refractivity contribution < 1.29 is 0 Å². The summed E-state index contributed by atoms with van der Waals surface area (Å²) in [7, 11) is 0. The molecular formula is C14H20N2S. The third-order valence-corrected chi connectivity index (χ3v) is 4.84. The van der Waals surface area contributed by atoms with Crippen LogP contribution in [0.2, 0.25) is 0 Å². The van der Waals surface area contributed by atoms with Gasteiger partial charge in [-0.2, -0.15) is 11.8 Å². The summed E-state index contributed by atoms with van der Waals surface area (Å²) in [6, 6.07) is 7.44. The van der Waals surface area contributed by atoms with Gasteiger partial charge in [-0.1, -0.05) is 18.2 Å². The Bertz CT molecular complexity index is 386. The Kier molecular flexibility index (Phi) is 3.57. The highest BCUT2D eigenvalue weighted by atomic mass is 32.2. The minimum absolute atomic E-state index is 0.722. The third-order valence-electron chi connectivity index (χ3n) is 3.67. The van der Waals surface area contributed by atoms with Crippen LogP contribution < -0.4 is 10.6 Å². The van der Waals surface area contributed by atoms with Crippen molar-refractivity contribution in [3.63, 3.8) is 0 Å². The minimum Gasteiger partial charge on any atom is -0.385 e. The van der Waals surface area contributed by atoms with E-state index in [1.807, 2.05) is 0 Å². The molecule has 0 amide bonds. The highest BCUT2D eigenvalue weighted by molar-refractivity contribution is 7.99. The Labute approximate surface area is 108 Å². The quantitative estimate of drug-likeness (QED) is 0.860. The lowest BCUT2D eigenvalue weighted by molar-refractivity contribution is 0.558. The number of thioether (sulfide) groups is 1. The highest BCUT2D eigenvalue weighted by Crippen LogP contribution is 2.26. The Hall–Kier alpha value is -0.670. The van der Waals surface area contributed by atoms with Gasteiger partial charge in [0, 0.05) is 30.6 Å². The summed E-state index contributed by atoms with van der Waals surface area (Å²) in [5.41, 5.74) is 4.34. The number of fused-ring (bicyclic) bond motifs is 1. The Balaban J connectivity index is 1.69.